The molecule has 0 radical (unpaired) electrons. The summed E-state index contributed by atoms with van der Waals surface area (Å²) in [6.07, 6.45) is 0. The van der Waals surface area contributed by atoms with Gasteiger partial charge in [-0.15, -0.1) is 0 Å². The summed E-state index contributed by atoms with van der Waals surface area (Å²) < 4.78 is 0. The Balaban J connectivity index is 3.16. The smallest absolute Gasteiger partial charge is 0.0101 e. The third-order valence-electron chi connectivity index (χ3n) is 5.84. The van der Waals surface area contributed by atoms with Crippen molar-refractivity contribution >= 4 is 13.2 Å². The summed E-state index contributed by atoms with van der Waals surface area (Å²) in [5, 5.41) is 2.11. The minimum absolute atomic E-state index is 0.231. The lowest BCUT2D eigenvalue weighted by atomic mass is 9.81. The first-order valence-electron chi connectivity index (χ1n) is 11.7. The molecule has 0 bridgehead atoms. The predicted octanol–water partition coefficient (Wildman–Crippen LogP) is 9.43. The highest BCUT2D eigenvalue weighted by Gasteiger charge is 2.40. The van der Waals surface area contributed by atoms with E-state index in [1.165, 1.54) is 16.7 Å². The van der Waals surface area contributed by atoms with Crippen LogP contribution in [-0.2, 0) is 0 Å². The van der Waals surface area contributed by atoms with Crippen LogP contribution in [0.2, 0.25) is 0 Å². The highest BCUT2D eigenvalue weighted by Crippen LogP contribution is 2.61. The van der Waals surface area contributed by atoms with Crippen molar-refractivity contribution in [2.45, 2.75) is 111 Å². The lowest BCUT2D eigenvalue weighted by Gasteiger charge is -2.45. The molecule has 0 fully saturated rings. The molecule has 0 aliphatic heterocycles. The molecule has 0 unspecified atom stereocenters. The first-order chi connectivity index (χ1) is 13.7. The number of benzene rings is 2. The van der Waals surface area contributed by atoms with E-state index in [-0.39, 0.29) is 10.3 Å². The van der Waals surface area contributed by atoms with E-state index in [9.17, 15) is 0 Å². The van der Waals surface area contributed by atoms with Gasteiger partial charge < -0.3 is 0 Å². The predicted molar refractivity (Wildman–Crippen MR) is 140 cm³/mol. The quantitative estimate of drug-likeness (QED) is 0.419. The van der Waals surface area contributed by atoms with E-state index in [1.54, 1.807) is 16.4 Å². The number of rotatable bonds is 5. The average Bonchev–Trinajstić information content (AvgIpc) is 2.58. The molecule has 2 rings (SSSR count). The zero-order valence-corrected chi connectivity index (χ0v) is 22.5. The second-order valence-electron chi connectivity index (χ2n) is 11.7. The van der Waals surface area contributed by atoms with Crippen molar-refractivity contribution in [3.05, 3.63) is 53.1 Å². The standard InChI is InChI=1S/C29H45P/c1-19(2)23-18-24(22-16-14-13-15-17-22)27(26(21(5)6)25(23)20(3)4)30(28(7,8)9)29(10,11)12/h13-21H,1-12H3. The SMILES string of the molecule is CC(C)c1cc(-c2ccccc2)c(P(C(C)(C)C)C(C)(C)C)c(C(C)C)c1C(C)C. The molecule has 0 heterocycles. The Morgan fingerprint density at radius 1 is 0.633 bits per heavy atom. The normalized spacial score (nSPS) is 13.2. The summed E-state index contributed by atoms with van der Waals surface area (Å²) in [6, 6.07) is 13.7. The fourth-order valence-electron chi connectivity index (χ4n) is 5.19. The van der Waals surface area contributed by atoms with Crippen molar-refractivity contribution < 1.29 is 0 Å². The number of hydrogen-bond acceptors (Lipinski definition) is 0. The maximum Gasteiger partial charge on any atom is -0.0101 e. The van der Waals surface area contributed by atoms with Crippen LogP contribution in [0, 0.1) is 0 Å². The molecule has 0 saturated heterocycles. The maximum absolute atomic E-state index is 2.56. The lowest BCUT2D eigenvalue weighted by Crippen LogP contribution is -2.35. The van der Waals surface area contributed by atoms with Crippen LogP contribution < -0.4 is 5.30 Å². The summed E-state index contributed by atoms with van der Waals surface area (Å²) in [6.45, 7) is 29.0. The van der Waals surface area contributed by atoms with Crippen molar-refractivity contribution in [2.24, 2.45) is 0 Å². The van der Waals surface area contributed by atoms with Gasteiger partial charge in [-0.05, 0) is 67.3 Å². The summed E-state index contributed by atoms with van der Waals surface area (Å²) in [5.74, 6) is 1.56. The summed E-state index contributed by atoms with van der Waals surface area (Å²) in [5.41, 5.74) is 7.62. The molecule has 0 atom stereocenters. The van der Waals surface area contributed by atoms with E-state index in [2.05, 4.69) is 119 Å². The zero-order chi connectivity index (χ0) is 23.0. The molecule has 0 aliphatic carbocycles. The van der Waals surface area contributed by atoms with Gasteiger partial charge in [-0.2, -0.15) is 0 Å². The van der Waals surface area contributed by atoms with E-state index >= 15 is 0 Å². The zero-order valence-electron chi connectivity index (χ0n) is 21.6. The molecule has 30 heavy (non-hydrogen) atoms. The topological polar surface area (TPSA) is 0 Å². The largest absolute Gasteiger partial charge is 0.0633 e. The molecule has 0 N–H and O–H groups in total. The van der Waals surface area contributed by atoms with Crippen molar-refractivity contribution in [3.8, 4) is 11.1 Å². The highest BCUT2D eigenvalue weighted by atomic mass is 31.1. The van der Waals surface area contributed by atoms with Crippen LogP contribution in [0.1, 0.15) is 118 Å². The van der Waals surface area contributed by atoms with Gasteiger partial charge in [0.1, 0.15) is 0 Å². The average molecular weight is 425 g/mol. The molecule has 0 amide bonds. The molecule has 2 aromatic carbocycles. The van der Waals surface area contributed by atoms with Crippen LogP contribution in [0.25, 0.3) is 11.1 Å². The summed E-state index contributed by atoms with van der Waals surface area (Å²) in [4.78, 5) is 0. The monoisotopic (exact) mass is 424 g/mol. The van der Waals surface area contributed by atoms with Crippen LogP contribution in [0.5, 0.6) is 0 Å². The van der Waals surface area contributed by atoms with Crippen LogP contribution in [0.15, 0.2) is 36.4 Å². The van der Waals surface area contributed by atoms with Crippen molar-refractivity contribution in [1.29, 1.82) is 0 Å². The Kier molecular flexibility index (Phi) is 7.67. The molecule has 0 aromatic heterocycles. The number of hydrogen-bond donors (Lipinski definition) is 0. The lowest BCUT2D eigenvalue weighted by molar-refractivity contribution is 0.711. The Labute approximate surface area is 188 Å². The van der Waals surface area contributed by atoms with Gasteiger partial charge in [-0.3, -0.25) is 0 Å². The first-order valence-corrected chi connectivity index (χ1v) is 13.1. The first kappa shape index (κ1) is 25.1. The van der Waals surface area contributed by atoms with Gasteiger partial charge in [0.2, 0.25) is 0 Å². The Hall–Kier alpha value is -1.13. The molecular formula is C29H45P. The molecule has 166 valence electrons. The Bertz CT molecular complexity index is 829. The molecular weight excluding hydrogens is 379 g/mol. The van der Waals surface area contributed by atoms with Gasteiger partial charge >= 0.3 is 0 Å². The van der Waals surface area contributed by atoms with E-state index in [4.69, 9.17) is 0 Å². The van der Waals surface area contributed by atoms with Crippen LogP contribution >= 0.6 is 7.92 Å². The Morgan fingerprint density at radius 2 is 1.10 bits per heavy atom. The van der Waals surface area contributed by atoms with E-state index in [0.717, 1.165) is 0 Å². The van der Waals surface area contributed by atoms with E-state index in [1.807, 2.05) is 0 Å². The molecule has 0 nitrogen and oxygen atoms in total. The van der Waals surface area contributed by atoms with Crippen LogP contribution in [-0.4, -0.2) is 10.3 Å². The van der Waals surface area contributed by atoms with Gasteiger partial charge in [0.25, 0.3) is 0 Å². The van der Waals surface area contributed by atoms with Gasteiger partial charge in [0.05, 0.1) is 0 Å². The van der Waals surface area contributed by atoms with Crippen LogP contribution in [0.3, 0.4) is 0 Å². The minimum Gasteiger partial charge on any atom is -0.0633 e. The fraction of sp³-hybridized carbons (Fsp3) is 0.586. The van der Waals surface area contributed by atoms with Crippen molar-refractivity contribution in [3.63, 3.8) is 0 Å². The Morgan fingerprint density at radius 3 is 1.47 bits per heavy atom. The van der Waals surface area contributed by atoms with Gasteiger partial charge in [-0.25, -0.2) is 0 Å². The van der Waals surface area contributed by atoms with Gasteiger partial charge in [-0.1, -0.05) is 121 Å². The highest BCUT2D eigenvalue weighted by molar-refractivity contribution is 7.69. The second kappa shape index (κ2) is 9.16. The fourth-order valence-corrected chi connectivity index (χ4v) is 9.60. The third kappa shape index (κ3) is 5.19. The van der Waals surface area contributed by atoms with E-state index < -0.39 is 7.92 Å². The third-order valence-corrected chi connectivity index (χ3v) is 9.45. The molecule has 0 aliphatic rings. The molecule has 1 heteroatoms. The molecule has 0 saturated carbocycles. The molecule has 2 aromatic rings. The maximum atomic E-state index is 2.56. The van der Waals surface area contributed by atoms with Gasteiger partial charge in [0.15, 0.2) is 0 Å². The van der Waals surface area contributed by atoms with Gasteiger partial charge in [0, 0.05) is 0 Å². The van der Waals surface area contributed by atoms with Crippen molar-refractivity contribution in [2.75, 3.05) is 0 Å². The van der Waals surface area contributed by atoms with E-state index in [0.29, 0.717) is 17.8 Å². The minimum atomic E-state index is -0.408. The van der Waals surface area contributed by atoms with Crippen molar-refractivity contribution in [1.82, 2.24) is 0 Å². The van der Waals surface area contributed by atoms with Crippen LogP contribution in [0.4, 0.5) is 0 Å². The molecule has 0 spiro atoms. The summed E-state index contributed by atoms with van der Waals surface area (Å²) >= 11 is 0. The second-order valence-corrected chi connectivity index (χ2v) is 15.5. The summed E-state index contributed by atoms with van der Waals surface area (Å²) in [7, 11) is -0.408.